The Morgan fingerprint density at radius 3 is 0.674 bits per heavy atom. The molecule has 4 nitrogen and oxygen atoms in total. The molecule has 0 saturated heterocycles. The van der Waals surface area contributed by atoms with Gasteiger partial charge in [0.05, 0.1) is 0 Å². The highest BCUT2D eigenvalue weighted by atomic mass is 16.4. The lowest BCUT2D eigenvalue weighted by Gasteiger charge is -2.06. The Balaban J connectivity index is 1.80. The van der Waals surface area contributed by atoms with Crippen molar-refractivity contribution in [3.63, 3.8) is 0 Å². The Labute approximate surface area is 284 Å². The Morgan fingerprint density at radius 1 is 0.304 bits per heavy atom. The molecule has 0 aliphatic heterocycles. The van der Waals surface area contributed by atoms with Crippen molar-refractivity contribution in [2.75, 3.05) is 0 Å². The van der Waals surface area contributed by atoms with Crippen LogP contribution >= 0.6 is 0 Å². The van der Waals surface area contributed by atoms with Crippen LogP contribution in [0.25, 0.3) is 0 Å². The number of carboxylic acid groups (broad SMARTS) is 2. The first-order valence-corrected chi connectivity index (χ1v) is 20.1. The maximum absolute atomic E-state index is 10.5. The number of aliphatic carboxylic acids is 2. The predicted octanol–water partition coefficient (Wildman–Crippen LogP) is 13.4. The summed E-state index contributed by atoms with van der Waals surface area (Å²) in [5.74, 6) is -1.31. The lowest BCUT2D eigenvalue weighted by atomic mass is 10.0. The van der Waals surface area contributed by atoms with Crippen LogP contribution in [0.1, 0.15) is 217 Å². The highest BCUT2D eigenvalue weighted by molar-refractivity contribution is 5.66. The van der Waals surface area contributed by atoms with E-state index in [0.29, 0.717) is 12.8 Å². The van der Waals surface area contributed by atoms with Crippen LogP contribution in [0.2, 0.25) is 0 Å². The Hall–Kier alpha value is -1.84. The zero-order chi connectivity index (χ0) is 33.2. The number of hydrogen-bond acceptors (Lipinski definition) is 2. The van der Waals surface area contributed by atoms with E-state index in [9.17, 15) is 9.59 Å². The molecule has 0 amide bonds. The van der Waals surface area contributed by atoms with E-state index in [-0.39, 0.29) is 0 Å². The van der Waals surface area contributed by atoms with Crippen LogP contribution in [0.5, 0.6) is 0 Å². The zero-order valence-electron chi connectivity index (χ0n) is 30.1. The quantitative estimate of drug-likeness (QED) is 0.0714. The normalized spacial score (nSPS) is 11.3. The molecule has 0 spiro atoms. The molecule has 1 aromatic carbocycles. The molecule has 4 heteroatoms. The Bertz CT molecular complexity index is 735. The minimum atomic E-state index is -0.657. The summed E-state index contributed by atoms with van der Waals surface area (Å²) in [5, 5.41) is 17.3. The molecule has 0 aromatic heterocycles. The van der Waals surface area contributed by atoms with Crippen LogP contribution in [-0.4, -0.2) is 22.2 Å². The fourth-order valence-electron chi connectivity index (χ4n) is 6.68. The molecule has 0 aliphatic carbocycles. The largest absolute Gasteiger partial charge is 0.481 e. The van der Waals surface area contributed by atoms with Crippen LogP contribution < -0.4 is 0 Å². The number of carboxylic acids is 2. The average Bonchev–Trinajstić information content (AvgIpc) is 3.04. The molecule has 0 fully saturated rings. The molecule has 0 heterocycles. The van der Waals surface area contributed by atoms with Gasteiger partial charge in [-0.1, -0.05) is 191 Å². The van der Waals surface area contributed by atoms with E-state index in [1.807, 2.05) is 0 Å². The topological polar surface area (TPSA) is 74.6 Å². The minimum absolute atomic E-state index is 0.335. The summed E-state index contributed by atoms with van der Waals surface area (Å²) in [6.45, 7) is 0. The maximum atomic E-state index is 10.5. The molecule has 2 N–H and O–H groups in total. The average molecular weight is 643 g/mol. The highest BCUT2D eigenvalue weighted by Crippen LogP contribution is 2.17. The van der Waals surface area contributed by atoms with Gasteiger partial charge in [0.1, 0.15) is 0 Å². The third-order valence-corrected chi connectivity index (χ3v) is 9.74. The van der Waals surface area contributed by atoms with Gasteiger partial charge in [0.25, 0.3) is 0 Å². The molecule has 0 saturated carbocycles. The molecule has 0 aliphatic rings. The van der Waals surface area contributed by atoms with Crippen LogP contribution in [0.3, 0.4) is 0 Å². The van der Waals surface area contributed by atoms with Gasteiger partial charge in [-0.3, -0.25) is 9.59 Å². The van der Waals surface area contributed by atoms with Crippen LogP contribution in [0.4, 0.5) is 0 Å². The molecule has 0 unspecified atom stereocenters. The smallest absolute Gasteiger partial charge is 0.303 e. The molecule has 1 rings (SSSR count). The number of carbonyl (C=O) groups is 2. The molecule has 1 aromatic rings. The summed E-state index contributed by atoms with van der Waals surface area (Å²) in [6, 6.07) is 9.49. The van der Waals surface area contributed by atoms with E-state index in [2.05, 4.69) is 24.3 Å². The van der Waals surface area contributed by atoms with Crippen molar-refractivity contribution < 1.29 is 19.8 Å². The van der Waals surface area contributed by atoms with Crippen molar-refractivity contribution in [3.8, 4) is 0 Å². The Kier molecular flexibility index (Phi) is 30.3. The predicted molar refractivity (Wildman–Crippen MR) is 197 cm³/mol. The standard InChI is InChI=1S/C42H74O4/c43-41(44)33-29-25-21-17-13-9-5-1-3-7-11-15-19-23-27-31-39-35-37-40(38-36-39)32-28-24-20-16-12-8-4-2-6-10-14-18-22-26-30-34-42(45)46/h35-38H,1-34H2,(H,43,44)(H,45,46). The van der Waals surface area contributed by atoms with Crippen molar-refractivity contribution in [1.82, 2.24) is 0 Å². The fraction of sp³-hybridized carbons (Fsp3) is 0.810. The second-order valence-corrected chi connectivity index (χ2v) is 14.2. The molecule has 0 atom stereocenters. The van der Waals surface area contributed by atoms with E-state index in [1.165, 1.54) is 191 Å². The van der Waals surface area contributed by atoms with Gasteiger partial charge in [0, 0.05) is 12.8 Å². The molecule has 0 radical (unpaired) electrons. The zero-order valence-corrected chi connectivity index (χ0v) is 30.1. The minimum Gasteiger partial charge on any atom is -0.481 e. The van der Waals surface area contributed by atoms with E-state index in [0.717, 1.165) is 25.7 Å². The van der Waals surface area contributed by atoms with Gasteiger partial charge >= 0.3 is 11.9 Å². The van der Waals surface area contributed by atoms with Crippen molar-refractivity contribution in [2.24, 2.45) is 0 Å². The molecular weight excluding hydrogens is 568 g/mol. The van der Waals surface area contributed by atoms with Crippen molar-refractivity contribution in [3.05, 3.63) is 35.4 Å². The van der Waals surface area contributed by atoms with E-state index in [4.69, 9.17) is 10.2 Å². The maximum Gasteiger partial charge on any atom is 0.303 e. The van der Waals surface area contributed by atoms with Crippen molar-refractivity contribution >= 4 is 11.9 Å². The highest BCUT2D eigenvalue weighted by Gasteiger charge is 2.00. The van der Waals surface area contributed by atoms with Crippen LogP contribution in [0.15, 0.2) is 24.3 Å². The molecule has 266 valence electrons. The van der Waals surface area contributed by atoms with Crippen LogP contribution in [-0.2, 0) is 22.4 Å². The third-order valence-electron chi connectivity index (χ3n) is 9.74. The van der Waals surface area contributed by atoms with Crippen LogP contribution in [0, 0.1) is 0 Å². The molecule has 46 heavy (non-hydrogen) atoms. The number of rotatable bonds is 36. The van der Waals surface area contributed by atoms with Gasteiger partial charge in [-0.25, -0.2) is 0 Å². The summed E-state index contributed by atoms with van der Waals surface area (Å²) >= 11 is 0. The van der Waals surface area contributed by atoms with E-state index >= 15 is 0 Å². The van der Waals surface area contributed by atoms with Crippen molar-refractivity contribution in [1.29, 1.82) is 0 Å². The van der Waals surface area contributed by atoms with Gasteiger partial charge in [-0.15, -0.1) is 0 Å². The van der Waals surface area contributed by atoms with Gasteiger partial charge < -0.3 is 10.2 Å². The van der Waals surface area contributed by atoms with Gasteiger partial charge in [-0.2, -0.15) is 0 Å². The summed E-state index contributed by atoms with van der Waals surface area (Å²) in [6.07, 6.45) is 42.2. The lowest BCUT2D eigenvalue weighted by Crippen LogP contribution is -1.93. The first-order chi connectivity index (χ1) is 22.6. The fourth-order valence-corrected chi connectivity index (χ4v) is 6.68. The number of hydrogen-bond donors (Lipinski definition) is 2. The van der Waals surface area contributed by atoms with Gasteiger partial charge in [0.15, 0.2) is 0 Å². The second-order valence-electron chi connectivity index (χ2n) is 14.2. The Morgan fingerprint density at radius 2 is 0.478 bits per heavy atom. The summed E-state index contributed by atoms with van der Waals surface area (Å²) in [5.41, 5.74) is 3.02. The summed E-state index contributed by atoms with van der Waals surface area (Å²) in [7, 11) is 0. The molecular formula is C42H74O4. The lowest BCUT2D eigenvalue weighted by molar-refractivity contribution is -0.138. The second kappa shape index (κ2) is 33.1. The monoisotopic (exact) mass is 643 g/mol. The first-order valence-electron chi connectivity index (χ1n) is 20.1. The summed E-state index contributed by atoms with van der Waals surface area (Å²) < 4.78 is 0. The number of unbranched alkanes of at least 4 members (excludes halogenated alkanes) is 28. The molecule has 0 bridgehead atoms. The van der Waals surface area contributed by atoms with E-state index in [1.54, 1.807) is 0 Å². The third kappa shape index (κ3) is 30.8. The van der Waals surface area contributed by atoms with Gasteiger partial charge in [-0.05, 0) is 49.7 Å². The first kappa shape index (κ1) is 42.2. The van der Waals surface area contributed by atoms with Crippen molar-refractivity contribution in [2.45, 2.75) is 218 Å². The SMILES string of the molecule is O=C(O)CCCCCCCCCCCCCCCCCc1ccc(CCCCCCCCCCCCCCCCCC(=O)O)cc1. The number of benzene rings is 1. The van der Waals surface area contributed by atoms with E-state index < -0.39 is 11.9 Å². The van der Waals surface area contributed by atoms with Gasteiger partial charge in [0.2, 0.25) is 0 Å². The number of aryl methyl sites for hydroxylation is 2. The summed E-state index contributed by atoms with van der Waals surface area (Å²) in [4.78, 5) is 21.0.